The van der Waals surface area contributed by atoms with E-state index in [0.29, 0.717) is 49.1 Å². The summed E-state index contributed by atoms with van der Waals surface area (Å²) < 4.78 is 43.4. The van der Waals surface area contributed by atoms with E-state index in [1.165, 1.54) is 18.3 Å². The van der Waals surface area contributed by atoms with Gasteiger partial charge in [0, 0.05) is 50.0 Å². The van der Waals surface area contributed by atoms with Crippen LogP contribution in [0, 0.1) is 17.3 Å². The Labute approximate surface area is 331 Å². The van der Waals surface area contributed by atoms with Crippen LogP contribution in [-0.4, -0.2) is 87.8 Å². The molecule has 14 heteroatoms. The van der Waals surface area contributed by atoms with E-state index in [0.717, 1.165) is 30.9 Å². The molecule has 0 bridgehead atoms. The quantitative estimate of drug-likeness (QED) is 0.153. The average molecular weight is 785 g/mol. The first-order chi connectivity index (χ1) is 27.0. The number of likely N-dealkylation sites (N-methyl/N-ethyl adjacent to an activating group) is 1. The highest BCUT2D eigenvalue weighted by Gasteiger charge is 2.52. The maximum absolute atomic E-state index is 14.5. The number of halogens is 3. The molecule has 4 heterocycles. The minimum Gasteiger partial charge on any atom is -0.350 e. The van der Waals surface area contributed by atoms with Crippen LogP contribution in [0.1, 0.15) is 81.7 Å². The molecule has 0 radical (unpaired) electrons. The number of anilines is 2. The van der Waals surface area contributed by atoms with Crippen LogP contribution in [0.5, 0.6) is 0 Å². The maximum atomic E-state index is 14.5. The standard InChI is InChI=1S/C43H51F3N8O3/c1-25(2)37(47-6)41(57)54-17-7-8-35(54)38-49-23-34(51-38)28-11-9-27(10-12-28)31-15-14-30(20-32(31)43(44,45)46)50-39(55)29-13-16-36(48-22-29)53-19-18-52(24-26(53)3)40(56)33-21-42(33,4)5/h9-16,20,22-23,25-26,33,35,37,47H,7-8,17-19,21,24H2,1-6H3,(H,49,51)(H,50,55). The van der Waals surface area contributed by atoms with E-state index < -0.39 is 17.6 Å². The number of aromatic nitrogens is 3. The first-order valence-corrected chi connectivity index (χ1v) is 19.7. The van der Waals surface area contributed by atoms with Gasteiger partial charge in [-0.05, 0) is 85.5 Å². The number of rotatable bonds is 10. The Hall–Kier alpha value is -5.24. The van der Waals surface area contributed by atoms with Crippen LogP contribution >= 0.6 is 0 Å². The van der Waals surface area contributed by atoms with Crippen molar-refractivity contribution in [2.24, 2.45) is 17.3 Å². The number of H-pyrrole nitrogens is 1. The van der Waals surface area contributed by atoms with Crippen molar-refractivity contribution in [2.75, 3.05) is 43.4 Å². The molecule has 3 N–H and O–H groups in total. The number of carbonyl (C=O) groups is 3. The molecule has 4 atom stereocenters. The molecule has 11 nitrogen and oxygen atoms in total. The normalized spacial score (nSPS) is 21.2. The summed E-state index contributed by atoms with van der Waals surface area (Å²) in [5.41, 5.74) is 1.17. The zero-order valence-electron chi connectivity index (χ0n) is 33.3. The van der Waals surface area contributed by atoms with Gasteiger partial charge in [0.05, 0.1) is 35.1 Å². The molecule has 1 saturated carbocycles. The Morgan fingerprint density at radius 1 is 0.947 bits per heavy atom. The summed E-state index contributed by atoms with van der Waals surface area (Å²) in [4.78, 5) is 57.8. The Kier molecular flexibility index (Phi) is 10.9. The minimum absolute atomic E-state index is 0.00360. The molecule has 2 aliphatic heterocycles. The first kappa shape index (κ1) is 40.0. The molecule has 3 fully saturated rings. The molecule has 2 aromatic heterocycles. The number of hydrogen-bond acceptors (Lipinski definition) is 7. The van der Waals surface area contributed by atoms with Gasteiger partial charge in [0.2, 0.25) is 11.8 Å². The van der Waals surface area contributed by atoms with Crippen LogP contribution < -0.4 is 15.5 Å². The van der Waals surface area contributed by atoms with E-state index in [1.807, 2.05) is 30.6 Å². The molecular formula is C43H51F3N8O3. The smallest absolute Gasteiger partial charge is 0.350 e. The predicted octanol–water partition coefficient (Wildman–Crippen LogP) is 7.40. The Balaban J connectivity index is 1.01. The first-order valence-electron chi connectivity index (χ1n) is 19.7. The molecule has 57 heavy (non-hydrogen) atoms. The second-order valence-corrected chi connectivity index (χ2v) is 16.6. The topological polar surface area (TPSA) is 127 Å². The van der Waals surface area contributed by atoms with Crippen LogP contribution in [0.25, 0.3) is 22.4 Å². The summed E-state index contributed by atoms with van der Waals surface area (Å²) in [6.07, 6.45) is 0.979. The Morgan fingerprint density at radius 2 is 1.67 bits per heavy atom. The number of hydrogen-bond donors (Lipinski definition) is 3. The number of nitrogens with zero attached hydrogens (tertiary/aromatic N) is 5. The molecular weight excluding hydrogens is 734 g/mol. The maximum Gasteiger partial charge on any atom is 0.417 e. The van der Waals surface area contributed by atoms with Gasteiger partial charge in [-0.15, -0.1) is 0 Å². The number of imidazole rings is 1. The Morgan fingerprint density at radius 3 is 2.28 bits per heavy atom. The zero-order chi connectivity index (χ0) is 40.8. The van der Waals surface area contributed by atoms with Gasteiger partial charge in [-0.2, -0.15) is 13.2 Å². The van der Waals surface area contributed by atoms with Crippen molar-refractivity contribution >= 4 is 29.2 Å². The van der Waals surface area contributed by atoms with Crippen LogP contribution in [0.3, 0.4) is 0 Å². The lowest BCUT2D eigenvalue weighted by Crippen LogP contribution is -2.54. The van der Waals surface area contributed by atoms with Crippen LogP contribution in [-0.2, 0) is 15.8 Å². The molecule has 7 rings (SSSR count). The third-order valence-corrected chi connectivity index (χ3v) is 11.8. The van der Waals surface area contributed by atoms with Crippen LogP contribution in [0.2, 0.25) is 0 Å². The molecule has 3 amide bonds. The fraction of sp³-hybridized carbons (Fsp3) is 0.465. The van der Waals surface area contributed by atoms with Gasteiger partial charge in [0.1, 0.15) is 11.6 Å². The van der Waals surface area contributed by atoms with Gasteiger partial charge in [-0.1, -0.05) is 58.0 Å². The van der Waals surface area contributed by atoms with E-state index in [9.17, 15) is 27.6 Å². The third kappa shape index (κ3) is 8.28. The molecule has 302 valence electrons. The summed E-state index contributed by atoms with van der Waals surface area (Å²) in [6.45, 7) is 12.7. The molecule has 4 unspecified atom stereocenters. The molecule has 4 aromatic rings. The predicted molar refractivity (Wildman–Crippen MR) is 213 cm³/mol. The molecule has 1 aliphatic carbocycles. The SMILES string of the molecule is CNC(C(=O)N1CCCC1c1ncc(-c2ccc(-c3ccc(NC(=O)c4ccc(N5CCN(C(=O)C6CC6(C)C)CC5C)nc4)cc3C(F)(F)F)cc2)[nH]1)C(C)C. The van der Waals surface area contributed by atoms with Gasteiger partial charge in [0.25, 0.3) is 5.91 Å². The summed E-state index contributed by atoms with van der Waals surface area (Å²) >= 11 is 0. The summed E-state index contributed by atoms with van der Waals surface area (Å²) in [6, 6.07) is 13.4. The molecule has 2 saturated heterocycles. The van der Waals surface area contributed by atoms with Crippen molar-refractivity contribution < 1.29 is 27.6 Å². The number of pyridine rings is 1. The van der Waals surface area contributed by atoms with Crippen LogP contribution in [0.15, 0.2) is 67.0 Å². The van der Waals surface area contributed by atoms with Crippen molar-refractivity contribution in [1.29, 1.82) is 0 Å². The van der Waals surface area contributed by atoms with Crippen molar-refractivity contribution in [2.45, 2.75) is 78.2 Å². The highest BCUT2D eigenvalue weighted by molar-refractivity contribution is 6.04. The van der Waals surface area contributed by atoms with Gasteiger partial charge < -0.3 is 30.3 Å². The van der Waals surface area contributed by atoms with Gasteiger partial charge in [-0.3, -0.25) is 14.4 Å². The second-order valence-electron chi connectivity index (χ2n) is 16.6. The number of piperazine rings is 1. The number of aromatic amines is 1. The van der Waals surface area contributed by atoms with Crippen molar-refractivity contribution in [1.82, 2.24) is 30.1 Å². The lowest BCUT2D eigenvalue weighted by atomic mass is 9.97. The second kappa shape index (κ2) is 15.6. The average Bonchev–Trinajstić information content (AvgIpc) is 3.52. The highest BCUT2D eigenvalue weighted by Crippen LogP contribution is 2.52. The molecule has 3 aliphatic rings. The van der Waals surface area contributed by atoms with E-state index in [-0.39, 0.29) is 64.0 Å². The molecule has 2 aromatic carbocycles. The number of carbonyl (C=O) groups excluding carboxylic acids is 3. The van der Waals surface area contributed by atoms with Crippen LogP contribution in [0.4, 0.5) is 24.7 Å². The van der Waals surface area contributed by atoms with E-state index >= 15 is 0 Å². The minimum atomic E-state index is -4.69. The number of nitrogens with one attached hydrogen (secondary N) is 3. The fourth-order valence-electron chi connectivity index (χ4n) is 8.33. The lowest BCUT2D eigenvalue weighted by molar-refractivity contribution is -0.137. The molecule has 0 spiro atoms. The summed E-state index contributed by atoms with van der Waals surface area (Å²) in [5.74, 6) is 1.22. The van der Waals surface area contributed by atoms with Crippen molar-refractivity contribution in [3.05, 3.63) is 83.9 Å². The number of likely N-dealkylation sites (tertiary alicyclic amines) is 1. The Bertz CT molecular complexity index is 2110. The van der Waals surface area contributed by atoms with Gasteiger partial charge in [-0.25, -0.2) is 9.97 Å². The number of alkyl halides is 3. The summed E-state index contributed by atoms with van der Waals surface area (Å²) in [5, 5.41) is 5.73. The summed E-state index contributed by atoms with van der Waals surface area (Å²) in [7, 11) is 1.79. The highest BCUT2D eigenvalue weighted by atomic mass is 19.4. The van der Waals surface area contributed by atoms with Crippen molar-refractivity contribution in [3.8, 4) is 22.4 Å². The third-order valence-electron chi connectivity index (χ3n) is 11.8. The van der Waals surface area contributed by atoms with E-state index in [4.69, 9.17) is 0 Å². The number of benzene rings is 2. The monoisotopic (exact) mass is 784 g/mol. The van der Waals surface area contributed by atoms with Gasteiger partial charge in [0.15, 0.2) is 0 Å². The largest absolute Gasteiger partial charge is 0.417 e. The lowest BCUT2D eigenvalue weighted by Gasteiger charge is -2.40. The van der Waals surface area contributed by atoms with E-state index in [1.54, 1.807) is 49.6 Å². The zero-order valence-corrected chi connectivity index (χ0v) is 33.3. The number of amides is 3. The fourth-order valence-corrected chi connectivity index (χ4v) is 8.33. The van der Waals surface area contributed by atoms with Crippen molar-refractivity contribution in [3.63, 3.8) is 0 Å². The van der Waals surface area contributed by atoms with E-state index in [2.05, 4.69) is 44.3 Å². The van der Waals surface area contributed by atoms with Gasteiger partial charge >= 0.3 is 6.18 Å².